The van der Waals surface area contributed by atoms with Gasteiger partial charge in [0, 0.05) is 35.7 Å². The Morgan fingerprint density at radius 3 is 2.58 bits per heavy atom. The van der Waals surface area contributed by atoms with Crippen LogP contribution < -0.4 is 10.9 Å². The van der Waals surface area contributed by atoms with Crippen molar-refractivity contribution in [2.75, 3.05) is 11.9 Å². The Bertz CT molecular complexity index is 1110. The number of carbonyl (C=O) groups excluding carboxylic acids is 1. The molecule has 4 rings (SSSR count). The van der Waals surface area contributed by atoms with E-state index in [1.165, 1.54) is 6.07 Å². The van der Waals surface area contributed by atoms with Gasteiger partial charge in [0.05, 0.1) is 11.7 Å². The van der Waals surface area contributed by atoms with Gasteiger partial charge < -0.3 is 24.3 Å². The van der Waals surface area contributed by atoms with Crippen LogP contribution in [0.1, 0.15) is 24.2 Å². The molecule has 0 spiro atoms. The molecule has 0 aliphatic carbocycles. The molecule has 0 amide bonds. The SMILES string of the molecule is CC1[C@H](C)C(OC(=O)c2ccccc2)OC(CNc2ccc3ccc(=O)oc3c2)[C@@H]1O. The first-order chi connectivity index (χ1) is 14.9. The number of fused-ring (bicyclic) bond motifs is 1. The van der Waals surface area contributed by atoms with Gasteiger partial charge in [-0.25, -0.2) is 9.59 Å². The molecule has 162 valence electrons. The standard InChI is InChI=1S/C24H25NO6/c1-14-15(2)24(31-23(28)17-6-4-3-5-7-17)30-20(22(14)27)13-25-18-10-8-16-9-11-21(26)29-19(16)12-18/h3-12,14-15,20,22,24-25,27H,13H2,1-2H3/t14?,15-,20?,22+,24?/m0/s1. The number of carbonyl (C=O) groups is 1. The van der Waals surface area contributed by atoms with E-state index in [4.69, 9.17) is 13.9 Å². The highest BCUT2D eigenvalue weighted by atomic mass is 16.7. The molecule has 0 radical (unpaired) electrons. The highest BCUT2D eigenvalue weighted by molar-refractivity contribution is 5.89. The zero-order chi connectivity index (χ0) is 22.0. The van der Waals surface area contributed by atoms with Crippen molar-refractivity contribution in [1.29, 1.82) is 0 Å². The molecule has 0 saturated carbocycles. The van der Waals surface area contributed by atoms with Gasteiger partial charge in [-0.2, -0.15) is 0 Å². The van der Waals surface area contributed by atoms with Crippen LogP contribution in [0.5, 0.6) is 0 Å². The summed E-state index contributed by atoms with van der Waals surface area (Å²) in [6.45, 7) is 4.10. The summed E-state index contributed by atoms with van der Waals surface area (Å²) in [5.41, 5.74) is 1.23. The van der Waals surface area contributed by atoms with Gasteiger partial charge in [0.25, 0.3) is 0 Å². The van der Waals surface area contributed by atoms with E-state index in [2.05, 4.69) is 5.32 Å². The monoisotopic (exact) mass is 423 g/mol. The van der Waals surface area contributed by atoms with E-state index in [9.17, 15) is 14.7 Å². The molecule has 2 aromatic carbocycles. The fourth-order valence-corrected chi connectivity index (χ4v) is 3.71. The van der Waals surface area contributed by atoms with E-state index in [0.717, 1.165) is 11.1 Å². The Morgan fingerprint density at radius 1 is 1.06 bits per heavy atom. The number of nitrogens with one attached hydrogen (secondary N) is 1. The molecular formula is C24H25NO6. The summed E-state index contributed by atoms with van der Waals surface area (Å²) in [7, 11) is 0. The third-order valence-corrected chi connectivity index (χ3v) is 5.85. The maximum atomic E-state index is 12.5. The average Bonchev–Trinajstić information content (AvgIpc) is 2.78. The van der Waals surface area contributed by atoms with Crippen LogP contribution in [0.4, 0.5) is 5.69 Å². The normalized spacial score (nSPS) is 25.8. The smallest absolute Gasteiger partial charge is 0.340 e. The van der Waals surface area contributed by atoms with Gasteiger partial charge in [-0.15, -0.1) is 0 Å². The predicted molar refractivity (Wildman–Crippen MR) is 116 cm³/mol. The first-order valence-electron chi connectivity index (χ1n) is 10.3. The van der Waals surface area contributed by atoms with Crippen molar-refractivity contribution in [3.63, 3.8) is 0 Å². The highest BCUT2D eigenvalue weighted by Crippen LogP contribution is 2.32. The molecule has 1 aliphatic rings. The lowest BCUT2D eigenvalue weighted by molar-refractivity contribution is -0.238. The summed E-state index contributed by atoms with van der Waals surface area (Å²) in [4.78, 5) is 23.9. The third-order valence-electron chi connectivity index (χ3n) is 5.85. The number of anilines is 1. The van der Waals surface area contributed by atoms with Gasteiger partial charge in [0.2, 0.25) is 6.29 Å². The highest BCUT2D eigenvalue weighted by Gasteiger charge is 2.42. The van der Waals surface area contributed by atoms with Gasteiger partial charge in [-0.1, -0.05) is 32.0 Å². The van der Waals surface area contributed by atoms with Crippen molar-refractivity contribution in [3.05, 3.63) is 76.6 Å². The number of aliphatic hydroxyl groups excluding tert-OH is 1. The zero-order valence-corrected chi connectivity index (χ0v) is 17.4. The topological polar surface area (TPSA) is 98.0 Å². The van der Waals surface area contributed by atoms with Crippen LogP contribution >= 0.6 is 0 Å². The molecule has 5 atom stereocenters. The molecule has 0 bridgehead atoms. The Morgan fingerprint density at radius 2 is 1.81 bits per heavy atom. The fraction of sp³-hybridized carbons (Fsp3) is 0.333. The summed E-state index contributed by atoms with van der Waals surface area (Å²) in [5, 5.41) is 14.7. The number of aliphatic hydroxyl groups is 1. The molecule has 31 heavy (non-hydrogen) atoms. The Balaban J connectivity index is 1.44. The summed E-state index contributed by atoms with van der Waals surface area (Å²) >= 11 is 0. The molecule has 1 fully saturated rings. The minimum atomic E-state index is -0.771. The second kappa shape index (κ2) is 8.91. The van der Waals surface area contributed by atoms with Crippen LogP contribution in [-0.2, 0) is 9.47 Å². The maximum Gasteiger partial charge on any atom is 0.340 e. The number of hydrogen-bond acceptors (Lipinski definition) is 7. The molecule has 2 N–H and O–H groups in total. The van der Waals surface area contributed by atoms with Crippen molar-refractivity contribution in [2.45, 2.75) is 32.3 Å². The van der Waals surface area contributed by atoms with Gasteiger partial charge in [-0.05, 0) is 36.2 Å². The average molecular weight is 423 g/mol. The summed E-state index contributed by atoms with van der Waals surface area (Å²) in [6.07, 6.45) is -2.08. The zero-order valence-electron chi connectivity index (χ0n) is 17.4. The van der Waals surface area contributed by atoms with E-state index >= 15 is 0 Å². The third kappa shape index (κ3) is 4.62. The van der Waals surface area contributed by atoms with Crippen LogP contribution in [0, 0.1) is 11.8 Å². The van der Waals surface area contributed by atoms with Crippen LogP contribution in [0.15, 0.2) is 69.9 Å². The van der Waals surface area contributed by atoms with E-state index in [1.807, 2.05) is 32.0 Å². The number of hydrogen-bond donors (Lipinski definition) is 2. The van der Waals surface area contributed by atoms with Crippen molar-refractivity contribution in [1.82, 2.24) is 0 Å². The van der Waals surface area contributed by atoms with Gasteiger partial charge in [0.1, 0.15) is 11.7 Å². The molecule has 1 aromatic heterocycles. The lowest BCUT2D eigenvalue weighted by atomic mass is 9.84. The van der Waals surface area contributed by atoms with Crippen molar-refractivity contribution >= 4 is 22.6 Å². The molecule has 2 heterocycles. The predicted octanol–water partition coefficient (Wildman–Crippen LogP) is 3.42. The van der Waals surface area contributed by atoms with E-state index in [1.54, 1.807) is 36.4 Å². The molecular weight excluding hydrogens is 398 g/mol. The van der Waals surface area contributed by atoms with Crippen molar-refractivity contribution in [3.8, 4) is 0 Å². The lowest BCUT2D eigenvalue weighted by Gasteiger charge is -2.42. The maximum absolute atomic E-state index is 12.5. The largest absolute Gasteiger partial charge is 0.432 e. The van der Waals surface area contributed by atoms with Crippen LogP contribution in [0.2, 0.25) is 0 Å². The van der Waals surface area contributed by atoms with E-state index in [0.29, 0.717) is 17.7 Å². The number of ether oxygens (including phenoxy) is 2. The number of benzene rings is 2. The van der Waals surface area contributed by atoms with Crippen molar-refractivity contribution < 1.29 is 23.8 Å². The van der Waals surface area contributed by atoms with Crippen LogP contribution in [-0.4, -0.2) is 36.1 Å². The second-order valence-electron chi connectivity index (χ2n) is 7.91. The quantitative estimate of drug-likeness (QED) is 0.479. The van der Waals surface area contributed by atoms with Gasteiger partial charge in [-0.3, -0.25) is 0 Å². The van der Waals surface area contributed by atoms with Crippen LogP contribution in [0.25, 0.3) is 11.0 Å². The molecule has 7 nitrogen and oxygen atoms in total. The number of esters is 1. The first kappa shape index (κ1) is 21.1. The molecule has 3 aromatic rings. The van der Waals surface area contributed by atoms with Crippen LogP contribution in [0.3, 0.4) is 0 Å². The molecule has 7 heteroatoms. The summed E-state index contributed by atoms with van der Waals surface area (Å²) in [6, 6.07) is 17.2. The Hall–Kier alpha value is -3.16. The molecule has 3 unspecified atom stereocenters. The van der Waals surface area contributed by atoms with Gasteiger partial charge >= 0.3 is 11.6 Å². The Kier molecular flexibility index (Phi) is 6.06. The number of rotatable bonds is 5. The first-order valence-corrected chi connectivity index (χ1v) is 10.3. The fourth-order valence-electron chi connectivity index (χ4n) is 3.71. The minimum absolute atomic E-state index is 0.135. The summed E-state index contributed by atoms with van der Waals surface area (Å²) in [5.74, 6) is -0.769. The second-order valence-corrected chi connectivity index (χ2v) is 7.91. The molecule has 1 aliphatic heterocycles. The summed E-state index contributed by atoms with van der Waals surface area (Å²) < 4.78 is 16.8. The lowest BCUT2D eigenvalue weighted by Crippen LogP contribution is -2.52. The van der Waals surface area contributed by atoms with Gasteiger partial charge in [0.15, 0.2) is 0 Å². The minimum Gasteiger partial charge on any atom is -0.432 e. The van der Waals surface area contributed by atoms with E-state index in [-0.39, 0.29) is 11.8 Å². The Labute approximate surface area is 179 Å². The van der Waals surface area contributed by atoms with Crippen molar-refractivity contribution in [2.24, 2.45) is 11.8 Å². The van der Waals surface area contributed by atoms with E-state index < -0.39 is 30.1 Å². The molecule has 1 saturated heterocycles.